The Kier molecular flexibility index (Phi) is 2.59. The maximum Gasteiger partial charge on any atom is 0.243 e. The molecule has 0 radical (unpaired) electrons. The topological polar surface area (TPSA) is 58.4 Å². The van der Waals surface area contributed by atoms with E-state index >= 15 is 0 Å². The van der Waals surface area contributed by atoms with Crippen LogP contribution in [0.5, 0.6) is 0 Å². The third-order valence-corrected chi connectivity index (χ3v) is 3.08. The van der Waals surface area contributed by atoms with Gasteiger partial charge in [-0.05, 0) is 31.5 Å². The molecule has 0 spiro atoms. The zero-order valence-corrected chi connectivity index (χ0v) is 9.66. The summed E-state index contributed by atoms with van der Waals surface area (Å²) in [6.45, 7) is 4.13. The number of nitrogens with zero attached hydrogens (tertiary/aromatic N) is 1. The minimum absolute atomic E-state index is 0.0925. The number of hydrogen-bond acceptors (Lipinski definition) is 3. The lowest BCUT2D eigenvalue weighted by Crippen LogP contribution is -2.44. The fourth-order valence-electron chi connectivity index (χ4n) is 1.86. The third kappa shape index (κ3) is 1.88. The van der Waals surface area contributed by atoms with Gasteiger partial charge in [0.25, 0.3) is 0 Å². The van der Waals surface area contributed by atoms with Crippen molar-refractivity contribution < 1.29 is 4.79 Å². The minimum atomic E-state index is -0.137. The Balaban J connectivity index is 2.27. The quantitative estimate of drug-likeness (QED) is 0.744. The summed E-state index contributed by atoms with van der Waals surface area (Å²) < 4.78 is 0. The molecule has 1 aromatic rings. The van der Waals surface area contributed by atoms with Crippen LogP contribution in [-0.4, -0.2) is 11.4 Å². The Morgan fingerprint density at radius 1 is 1.56 bits per heavy atom. The van der Waals surface area contributed by atoms with E-state index in [2.05, 4.69) is 19.3 Å². The zero-order valence-electron chi connectivity index (χ0n) is 9.66. The molecule has 1 fully saturated rings. The summed E-state index contributed by atoms with van der Waals surface area (Å²) in [5.74, 6) is 0.0925. The predicted octanol–water partition coefficient (Wildman–Crippen LogP) is 1.68. The fraction of sp³-hybridized carbons (Fsp3) is 0.417. The van der Waals surface area contributed by atoms with Gasteiger partial charge in [0.2, 0.25) is 5.91 Å². The van der Waals surface area contributed by atoms with Crippen molar-refractivity contribution in [3.8, 4) is 0 Å². The van der Waals surface area contributed by atoms with Crippen molar-refractivity contribution in [2.45, 2.75) is 32.2 Å². The second-order valence-electron chi connectivity index (χ2n) is 4.53. The molecular formula is C12H17N3O. The summed E-state index contributed by atoms with van der Waals surface area (Å²) in [6, 6.07) is 7.33. The van der Waals surface area contributed by atoms with E-state index in [9.17, 15) is 4.79 Å². The first kappa shape index (κ1) is 11.0. The van der Waals surface area contributed by atoms with Crippen LogP contribution in [0.1, 0.15) is 26.7 Å². The van der Waals surface area contributed by atoms with Crippen LogP contribution in [0.25, 0.3) is 0 Å². The van der Waals surface area contributed by atoms with Crippen LogP contribution in [0.2, 0.25) is 0 Å². The molecule has 4 heteroatoms. The van der Waals surface area contributed by atoms with E-state index < -0.39 is 0 Å². The number of hydrogen-bond donors (Lipinski definition) is 2. The number of nitrogen functional groups attached to an aromatic ring is 1. The lowest BCUT2D eigenvalue weighted by molar-refractivity contribution is -0.117. The van der Waals surface area contributed by atoms with E-state index in [-0.39, 0.29) is 11.4 Å². The van der Waals surface area contributed by atoms with Gasteiger partial charge in [-0.15, -0.1) is 0 Å². The van der Waals surface area contributed by atoms with Gasteiger partial charge in [0.1, 0.15) is 0 Å². The Morgan fingerprint density at radius 2 is 2.31 bits per heavy atom. The van der Waals surface area contributed by atoms with Gasteiger partial charge in [0.15, 0.2) is 0 Å². The molecule has 2 rings (SSSR count). The van der Waals surface area contributed by atoms with Gasteiger partial charge in [-0.2, -0.15) is 0 Å². The molecule has 1 unspecified atom stereocenters. The molecule has 1 amide bonds. The SMILES string of the molecule is CCC1(C)CC(=O)N(c2cccc(N)c2)N1. The first-order chi connectivity index (χ1) is 7.54. The Labute approximate surface area is 95.4 Å². The number of carbonyl (C=O) groups excluding carboxylic acids is 1. The summed E-state index contributed by atoms with van der Waals surface area (Å²) in [4.78, 5) is 11.9. The number of nitrogens with two attached hydrogens (primary N) is 1. The molecule has 1 atom stereocenters. The average Bonchev–Trinajstić information content (AvgIpc) is 2.55. The fourth-order valence-corrected chi connectivity index (χ4v) is 1.86. The molecule has 1 aliphatic rings. The van der Waals surface area contributed by atoms with Crippen molar-refractivity contribution in [2.24, 2.45) is 0 Å². The van der Waals surface area contributed by atoms with E-state index in [4.69, 9.17) is 5.73 Å². The van der Waals surface area contributed by atoms with E-state index in [1.54, 1.807) is 11.1 Å². The number of benzene rings is 1. The molecule has 0 bridgehead atoms. The molecule has 0 aromatic heterocycles. The zero-order chi connectivity index (χ0) is 11.8. The minimum Gasteiger partial charge on any atom is -0.399 e. The predicted molar refractivity (Wildman–Crippen MR) is 64.8 cm³/mol. The molecule has 1 aromatic carbocycles. The molecule has 4 nitrogen and oxygen atoms in total. The van der Waals surface area contributed by atoms with E-state index in [0.29, 0.717) is 12.1 Å². The van der Waals surface area contributed by atoms with Gasteiger partial charge in [0.05, 0.1) is 5.69 Å². The molecule has 16 heavy (non-hydrogen) atoms. The monoisotopic (exact) mass is 219 g/mol. The Bertz CT molecular complexity index is 418. The molecule has 0 saturated carbocycles. The van der Waals surface area contributed by atoms with Crippen LogP contribution in [0.4, 0.5) is 11.4 Å². The smallest absolute Gasteiger partial charge is 0.243 e. The number of amides is 1. The first-order valence-electron chi connectivity index (χ1n) is 5.50. The first-order valence-corrected chi connectivity index (χ1v) is 5.50. The van der Waals surface area contributed by atoms with Crippen LogP contribution in [0, 0.1) is 0 Å². The van der Waals surface area contributed by atoms with E-state index in [1.165, 1.54) is 0 Å². The molecule has 1 aliphatic heterocycles. The normalized spacial score (nSPS) is 25.1. The number of carbonyl (C=O) groups is 1. The largest absolute Gasteiger partial charge is 0.399 e. The van der Waals surface area contributed by atoms with Crippen molar-refractivity contribution in [1.29, 1.82) is 0 Å². The highest BCUT2D eigenvalue weighted by Gasteiger charge is 2.38. The maximum atomic E-state index is 11.9. The Hall–Kier alpha value is -1.55. The van der Waals surface area contributed by atoms with Gasteiger partial charge in [-0.3, -0.25) is 4.79 Å². The van der Waals surface area contributed by atoms with Gasteiger partial charge in [-0.1, -0.05) is 13.0 Å². The lowest BCUT2D eigenvalue weighted by Gasteiger charge is -2.24. The third-order valence-electron chi connectivity index (χ3n) is 3.08. The highest BCUT2D eigenvalue weighted by molar-refractivity contribution is 5.95. The van der Waals surface area contributed by atoms with Gasteiger partial charge < -0.3 is 5.73 Å². The van der Waals surface area contributed by atoms with E-state index in [0.717, 1.165) is 12.1 Å². The summed E-state index contributed by atoms with van der Waals surface area (Å²) in [5.41, 5.74) is 10.3. The highest BCUT2D eigenvalue weighted by Crippen LogP contribution is 2.27. The van der Waals surface area contributed by atoms with Crippen LogP contribution in [0.15, 0.2) is 24.3 Å². The van der Waals surface area contributed by atoms with Crippen molar-refractivity contribution in [3.63, 3.8) is 0 Å². The average molecular weight is 219 g/mol. The molecule has 3 N–H and O–H groups in total. The van der Waals surface area contributed by atoms with E-state index in [1.807, 2.05) is 18.2 Å². The van der Waals surface area contributed by atoms with Crippen LogP contribution in [0.3, 0.4) is 0 Å². The Morgan fingerprint density at radius 3 is 2.88 bits per heavy atom. The summed E-state index contributed by atoms with van der Waals surface area (Å²) in [6.07, 6.45) is 1.44. The summed E-state index contributed by atoms with van der Waals surface area (Å²) >= 11 is 0. The lowest BCUT2D eigenvalue weighted by atomic mass is 9.97. The number of hydrazine groups is 1. The van der Waals surface area contributed by atoms with Crippen molar-refractivity contribution >= 4 is 17.3 Å². The molecule has 1 saturated heterocycles. The molecule has 86 valence electrons. The number of anilines is 2. The van der Waals surface area contributed by atoms with Gasteiger partial charge in [0, 0.05) is 17.6 Å². The van der Waals surface area contributed by atoms with Crippen LogP contribution >= 0.6 is 0 Å². The number of rotatable bonds is 2. The summed E-state index contributed by atoms with van der Waals surface area (Å²) in [7, 11) is 0. The molecule has 0 aliphatic carbocycles. The van der Waals surface area contributed by atoms with Crippen LogP contribution in [-0.2, 0) is 4.79 Å². The van der Waals surface area contributed by atoms with Crippen molar-refractivity contribution in [1.82, 2.24) is 5.43 Å². The number of nitrogens with one attached hydrogen (secondary N) is 1. The molecular weight excluding hydrogens is 202 g/mol. The maximum absolute atomic E-state index is 11.9. The van der Waals surface area contributed by atoms with Gasteiger partial charge in [-0.25, -0.2) is 10.4 Å². The second kappa shape index (κ2) is 3.79. The van der Waals surface area contributed by atoms with Crippen molar-refractivity contribution in [2.75, 3.05) is 10.7 Å². The van der Waals surface area contributed by atoms with Crippen LogP contribution < -0.4 is 16.2 Å². The van der Waals surface area contributed by atoms with Crippen molar-refractivity contribution in [3.05, 3.63) is 24.3 Å². The standard InChI is InChI=1S/C12H17N3O/c1-3-12(2)8-11(16)15(14-12)10-6-4-5-9(13)7-10/h4-7,14H,3,8,13H2,1-2H3. The second-order valence-corrected chi connectivity index (χ2v) is 4.53. The highest BCUT2D eigenvalue weighted by atomic mass is 16.2. The van der Waals surface area contributed by atoms with Gasteiger partial charge >= 0.3 is 0 Å². The molecule has 1 heterocycles. The summed E-state index contributed by atoms with van der Waals surface area (Å²) in [5, 5.41) is 1.60.